The molecule has 0 saturated heterocycles. The lowest BCUT2D eigenvalue weighted by atomic mass is 10.2. The molecule has 0 heterocycles. The van der Waals surface area contributed by atoms with Gasteiger partial charge in [-0.1, -0.05) is 35.9 Å². The lowest BCUT2D eigenvalue weighted by Crippen LogP contribution is -2.41. The summed E-state index contributed by atoms with van der Waals surface area (Å²) in [6.45, 7) is 1.99. The predicted octanol–water partition coefficient (Wildman–Crippen LogP) is 2.43. The number of carbonyl (C=O) groups excluding carboxylic acids is 1. The molecule has 1 amide bonds. The summed E-state index contributed by atoms with van der Waals surface area (Å²) in [6.07, 6.45) is 1.10. The molecule has 2 rings (SSSR count). The molecule has 7 heteroatoms. The summed E-state index contributed by atoms with van der Waals surface area (Å²) in [5, 5.41) is 0. The first-order chi connectivity index (χ1) is 12.2. The van der Waals surface area contributed by atoms with E-state index in [0.29, 0.717) is 18.0 Å². The standard InChI is InChI=1S/C19H24N2O4S/c1-15-9-11-17(12-10-15)21(26(4,23)24)14-19(22)20(2)13-16-7-5-6-8-18(16)25-3/h5-12H,13-14H2,1-4H3. The van der Waals surface area contributed by atoms with Gasteiger partial charge in [0.2, 0.25) is 15.9 Å². The minimum atomic E-state index is -3.58. The van der Waals surface area contributed by atoms with Crippen LogP contribution in [0, 0.1) is 6.92 Å². The van der Waals surface area contributed by atoms with Crippen molar-refractivity contribution in [2.45, 2.75) is 13.5 Å². The largest absolute Gasteiger partial charge is 0.496 e. The molecule has 0 atom stereocenters. The number of sulfonamides is 1. The average Bonchev–Trinajstić information content (AvgIpc) is 2.60. The molecule has 0 N–H and O–H groups in total. The number of nitrogens with zero attached hydrogens (tertiary/aromatic N) is 2. The molecule has 0 aliphatic rings. The monoisotopic (exact) mass is 376 g/mol. The molecule has 0 spiro atoms. The van der Waals surface area contributed by atoms with Crippen LogP contribution in [0.25, 0.3) is 0 Å². The van der Waals surface area contributed by atoms with Crippen LogP contribution in [0.15, 0.2) is 48.5 Å². The van der Waals surface area contributed by atoms with E-state index in [1.165, 1.54) is 4.90 Å². The van der Waals surface area contributed by atoms with E-state index >= 15 is 0 Å². The van der Waals surface area contributed by atoms with Gasteiger partial charge in [-0.2, -0.15) is 0 Å². The Morgan fingerprint density at radius 3 is 2.27 bits per heavy atom. The van der Waals surface area contributed by atoms with E-state index in [2.05, 4.69) is 0 Å². The number of carbonyl (C=O) groups is 1. The Morgan fingerprint density at radius 2 is 1.69 bits per heavy atom. The molecule has 0 saturated carbocycles. The summed E-state index contributed by atoms with van der Waals surface area (Å²) < 4.78 is 30.8. The first-order valence-electron chi connectivity index (χ1n) is 8.12. The van der Waals surface area contributed by atoms with Crippen molar-refractivity contribution in [1.82, 2.24) is 4.90 Å². The Hall–Kier alpha value is -2.54. The van der Waals surface area contributed by atoms with Crippen molar-refractivity contribution in [3.05, 3.63) is 59.7 Å². The molecule has 0 bridgehead atoms. The van der Waals surface area contributed by atoms with Gasteiger partial charge in [-0.3, -0.25) is 9.10 Å². The van der Waals surface area contributed by atoms with Crippen LogP contribution in [0.2, 0.25) is 0 Å². The van der Waals surface area contributed by atoms with Crippen molar-refractivity contribution in [2.75, 3.05) is 31.3 Å². The van der Waals surface area contributed by atoms with Gasteiger partial charge >= 0.3 is 0 Å². The molecule has 0 unspecified atom stereocenters. The van der Waals surface area contributed by atoms with Gasteiger partial charge in [0.1, 0.15) is 12.3 Å². The van der Waals surface area contributed by atoms with Crippen LogP contribution in [0.1, 0.15) is 11.1 Å². The second kappa shape index (κ2) is 8.23. The number of para-hydroxylation sites is 1. The number of aryl methyl sites for hydroxylation is 1. The number of hydrogen-bond donors (Lipinski definition) is 0. The third-order valence-electron chi connectivity index (χ3n) is 4.03. The van der Waals surface area contributed by atoms with Crippen LogP contribution >= 0.6 is 0 Å². The summed E-state index contributed by atoms with van der Waals surface area (Å²) >= 11 is 0. The summed E-state index contributed by atoms with van der Waals surface area (Å²) in [5.41, 5.74) is 2.34. The zero-order valence-corrected chi connectivity index (χ0v) is 16.3. The van der Waals surface area contributed by atoms with E-state index in [-0.39, 0.29) is 12.5 Å². The van der Waals surface area contributed by atoms with Crippen molar-refractivity contribution in [3.63, 3.8) is 0 Å². The highest BCUT2D eigenvalue weighted by molar-refractivity contribution is 7.92. The van der Waals surface area contributed by atoms with Crippen LogP contribution in [0.5, 0.6) is 5.75 Å². The molecule has 0 aliphatic heterocycles. The van der Waals surface area contributed by atoms with Crippen molar-refractivity contribution >= 4 is 21.6 Å². The predicted molar refractivity (Wildman–Crippen MR) is 103 cm³/mol. The number of anilines is 1. The quantitative estimate of drug-likeness (QED) is 0.744. The number of rotatable bonds is 7. The van der Waals surface area contributed by atoms with E-state index in [1.807, 2.05) is 43.3 Å². The molecule has 0 fully saturated rings. The molecule has 0 aliphatic carbocycles. The summed E-state index contributed by atoms with van der Waals surface area (Å²) in [4.78, 5) is 14.1. The first-order valence-corrected chi connectivity index (χ1v) is 9.97. The Balaban J connectivity index is 2.17. The molecule has 26 heavy (non-hydrogen) atoms. The van der Waals surface area contributed by atoms with Gasteiger partial charge in [-0.25, -0.2) is 8.42 Å². The smallest absolute Gasteiger partial charge is 0.243 e. The Morgan fingerprint density at radius 1 is 1.08 bits per heavy atom. The SMILES string of the molecule is COc1ccccc1CN(C)C(=O)CN(c1ccc(C)cc1)S(C)(=O)=O. The first kappa shape index (κ1) is 19.8. The van der Waals surface area contributed by atoms with E-state index in [4.69, 9.17) is 4.74 Å². The van der Waals surface area contributed by atoms with Gasteiger partial charge in [0.15, 0.2) is 0 Å². The second-order valence-corrected chi connectivity index (χ2v) is 8.07. The lowest BCUT2D eigenvalue weighted by Gasteiger charge is -2.25. The second-order valence-electron chi connectivity index (χ2n) is 6.17. The number of ether oxygens (including phenoxy) is 1. The van der Waals surface area contributed by atoms with E-state index in [9.17, 15) is 13.2 Å². The zero-order valence-electron chi connectivity index (χ0n) is 15.5. The van der Waals surface area contributed by atoms with Gasteiger partial charge in [0.05, 0.1) is 19.1 Å². The topological polar surface area (TPSA) is 66.9 Å². The number of likely N-dealkylation sites (N-methyl/N-ethyl adjacent to an activating group) is 1. The third kappa shape index (κ3) is 4.98. The zero-order chi connectivity index (χ0) is 19.3. The number of benzene rings is 2. The van der Waals surface area contributed by atoms with Gasteiger partial charge < -0.3 is 9.64 Å². The highest BCUT2D eigenvalue weighted by Gasteiger charge is 2.23. The van der Waals surface area contributed by atoms with Gasteiger partial charge in [0, 0.05) is 19.2 Å². The maximum absolute atomic E-state index is 12.6. The molecular weight excluding hydrogens is 352 g/mol. The fourth-order valence-corrected chi connectivity index (χ4v) is 3.38. The van der Waals surface area contributed by atoms with Gasteiger partial charge in [-0.05, 0) is 25.1 Å². The van der Waals surface area contributed by atoms with Crippen molar-refractivity contribution in [2.24, 2.45) is 0 Å². The molecule has 2 aromatic rings. The molecule has 2 aromatic carbocycles. The van der Waals surface area contributed by atoms with Gasteiger partial charge in [0.25, 0.3) is 0 Å². The average molecular weight is 376 g/mol. The molecule has 0 radical (unpaired) electrons. The highest BCUT2D eigenvalue weighted by Crippen LogP contribution is 2.21. The Bertz CT molecular complexity index is 863. The molecular formula is C19H24N2O4S. The number of hydrogen-bond acceptors (Lipinski definition) is 4. The molecule has 0 aromatic heterocycles. The number of methoxy groups -OCH3 is 1. The normalized spacial score (nSPS) is 11.1. The number of amides is 1. The van der Waals surface area contributed by atoms with E-state index < -0.39 is 10.0 Å². The van der Waals surface area contributed by atoms with Crippen molar-refractivity contribution < 1.29 is 17.9 Å². The minimum Gasteiger partial charge on any atom is -0.496 e. The maximum atomic E-state index is 12.6. The maximum Gasteiger partial charge on any atom is 0.243 e. The highest BCUT2D eigenvalue weighted by atomic mass is 32.2. The van der Waals surface area contributed by atoms with Gasteiger partial charge in [-0.15, -0.1) is 0 Å². The van der Waals surface area contributed by atoms with Crippen LogP contribution in [-0.4, -0.2) is 46.2 Å². The lowest BCUT2D eigenvalue weighted by molar-refractivity contribution is -0.128. The fourth-order valence-electron chi connectivity index (χ4n) is 2.53. The fraction of sp³-hybridized carbons (Fsp3) is 0.316. The minimum absolute atomic E-state index is 0.256. The molecule has 140 valence electrons. The summed E-state index contributed by atoms with van der Waals surface area (Å²) in [7, 11) is -0.368. The third-order valence-corrected chi connectivity index (χ3v) is 5.17. The van der Waals surface area contributed by atoms with Crippen LogP contribution in [0.4, 0.5) is 5.69 Å². The van der Waals surface area contributed by atoms with Crippen LogP contribution < -0.4 is 9.04 Å². The van der Waals surface area contributed by atoms with E-state index in [1.54, 1.807) is 26.3 Å². The molecule has 6 nitrogen and oxygen atoms in total. The van der Waals surface area contributed by atoms with Crippen LogP contribution in [-0.2, 0) is 21.4 Å². The van der Waals surface area contributed by atoms with Crippen molar-refractivity contribution in [3.8, 4) is 5.75 Å². The Labute approximate surface area is 155 Å². The summed E-state index contributed by atoms with van der Waals surface area (Å²) in [5.74, 6) is 0.382. The van der Waals surface area contributed by atoms with Crippen LogP contribution in [0.3, 0.4) is 0 Å². The summed E-state index contributed by atoms with van der Waals surface area (Å²) in [6, 6.07) is 14.4. The van der Waals surface area contributed by atoms with Crippen molar-refractivity contribution in [1.29, 1.82) is 0 Å². The Kier molecular flexibility index (Phi) is 6.26. The van der Waals surface area contributed by atoms with E-state index in [0.717, 1.165) is 21.7 Å².